The van der Waals surface area contributed by atoms with Gasteiger partial charge in [-0.25, -0.2) is 4.98 Å². The zero-order valence-electron chi connectivity index (χ0n) is 7.27. The molecule has 0 aliphatic heterocycles. The van der Waals surface area contributed by atoms with Crippen LogP contribution in [0.4, 0.5) is 0 Å². The highest BCUT2D eigenvalue weighted by atomic mass is 16.5. The largest absolute Gasteiger partial charge is 0.489 e. The molecule has 0 aromatic carbocycles. The van der Waals surface area contributed by atoms with Crippen molar-refractivity contribution in [1.82, 2.24) is 9.55 Å². The quantitative estimate of drug-likeness (QED) is 0.629. The highest BCUT2D eigenvalue weighted by molar-refractivity contribution is 5.93. The first-order valence-electron chi connectivity index (χ1n) is 3.47. The molecule has 6 heteroatoms. The van der Waals surface area contributed by atoms with Gasteiger partial charge in [-0.1, -0.05) is 0 Å². The fourth-order valence-electron chi connectivity index (χ4n) is 0.876. The van der Waals surface area contributed by atoms with Crippen molar-refractivity contribution in [1.29, 1.82) is 0 Å². The maximum Gasteiger partial charge on any atom is 0.296 e. The monoisotopic (exact) mass is 183 g/mol. The van der Waals surface area contributed by atoms with Crippen LogP contribution in [0.25, 0.3) is 0 Å². The Labute approximate surface area is 74.0 Å². The van der Waals surface area contributed by atoms with Gasteiger partial charge in [0.25, 0.3) is 11.5 Å². The first-order chi connectivity index (χ1) is 6.07. The topological polar surface area (TPSA) is 87.2 Å². The molecule has 1 aromatic heterocycles. The van der Waals surface area contributed by atoms with Crippen LogP contribution >= 0.6 is 0 Å². The van der Waals surface area contributed by atoms with E-state index < -0.39 is 11.5 Å². The van der Waals surface area contributed by atoms with E-state index in [-0.39, 0.29) is 11.4 Å². The van der Waals surface area contributed by atoms with Crippen LogP contribution in [-0.4, -0.2) is 22.6 Å². The lowest BCUT2D eigenvalue weighted by atomic mass is 10.3. The first kappa shape index (κ1) is 9.24. The van der Waals surface area contributed by atoms with E-state index in [9.17, 15) is 9.59 Å². The Morgan fingerprint density at radius 2 is 2.31 bits per heavy atom. The van der Waals surface area contributed by atoms with Crippen molar-refractivity contribution in [3.8, 4) is 5.75 Å². The third-order valence-electron chi connectivity index (χ3n) is 1.53. The third kappa shape index (κ3) is 1.51. The van der Waals surface area contributed by atoms with E-state index in [1.165, 1.54) is 25.1 Å². The highest BCUT2D eigenvalue weighted by Gasteiger charge is 2.14. The number of carbonyl (C=O) groups excluding carboxylic acids is 1. The van der Waals surface area contributed by atoms with Crippen LogP contribution in [0.15, 0.2) is 11.1 Å². The molecule has 1 heterocycles. The Balaban J connectivity index is 3.48. The highest BCUT2D eigenvalue weighted by Crippen LogP contribution is 2.06. The summed E-state index contributed by atoms with van der Waals surface area (Å²) in [6.45, 7) is 0. The van der Waals surface area contributed by atoms with Crippen LogP contribution in [0.1, 0.15) is 10.5 Å². The molecule has 1 aromatic rings. The summed E-state index contributed by atoms with van der Waals surface area (Å²) in [6, 6.07) is 0. The predicted molar refractivity (Wildman–Crippen MR) is 44.5 cm³/mol. The van der Waals surface area contributed by atoms with Crippen LogP contribution in [0.3, 0.4) is 0 Å². The average Bonchev–Trinajstić information content (AvgIpc) is 2.09. The summed E-state index contributed by atoms with van der Waals surface area (Å²) in [7, 11) is 2.79. The molecular formula is C7H9N3O3. The fourth-order valence-corrected chi connectivity index (χ4v) is 0.876. The molecule has 0 atom stereocenters. The van der Waals surface area contributed by atoms with Gasteiger partial charge in [-0.05, 0) is 0 Å². The molecule has 2 N–H and O–H groups in total. The molecule has 0 saturated carbocycles. The smallest absolute Gasteiger partial charge is 0.296 e. The van der Waals surface area contributed by atoms with Gasteiger partial charge >= 0.3 is 0 Å². The normalized spacial score (nSPS) is 9.69. The van der Waals surface area contributed by atoms with Gasteiger partial charge in [0.2, 0.25) is 5.75 Å². The first-order valence-corrected chi connectivity index (χ1v) is 3.47. The van der Waals surface area contributed by atoms with Crippen LogP contribution < -0.4 is 16.0 Å². The zero-order valence-corrected chi connectivity index (χ0v) is 7.27. The van der Waals surface area contributed by atoms with E-state index in [0.29, 0.717) is 0 Å². The van der Waals surface area contributed by atoms with E-state index in [0.717, 1.165) is 0 Å². The van der Waals surface area contributed by atoms with Gasteiger partial charge in [0, 0.05) is 7.05 Å². The molecule has 70 valence electrons. The summed E-state index contributed by atoms with van der Waals surface area (Å²) < 4.78 is 5.92. The maximum absolute atomic E-state index is 11.3. The second kappa shape index (κ2) is 3.26. The number of amides is 1. The fraction of sp³-hybridized carbons (Fsp3) is 0.286. The van der Waals surface area contributed by atoms with Gasteiger partial charge in [-0.3, -0.25) is 14.2 Å². The van der Waals surface area contributed by atoms with Crippen LogP contribution in [0.5, 0.6) is 5.75 Å². The lowest BCUT2D eigenvalue weighted by Crippen LogP contribution is -2.25. The Kier molecular flexibility index (Phi) is 2.32. The summed E-state index contributed by atoms with van der Waals surface area (Å²) in [5.74, 6) is -0.910. The van der Waals surface area contributed by atoms with Gasteiger partial charge in [0.1, 0.15) is 0 Å². The minimum atomic E-state index is -0.783. The summed E-state index contributed by atoms with van der Waals surface area (Å²) in [4.78, 5) is 25.8. The second-order valence-corrected chi connectivity index (χ2v) is 2.41. The van der Waals surface area contributed by atoms with E-state index in [1.807, 2.05) is 0 Å². The standard InChI is InChI=1S/C7H9N3O3/c1-10-3-9-4(6(8)11)5(13-2)7(10)12/h3H,1-2H3,(H2,8,11). The zero-order chi connectivity index (χ0) is 10.0. The van der Waals surface area contributed by atoms with Crippen molar-refractivity contribution < 1.29 is 9.53 Å². The number of aryl methyl sites for hydroxylation is 1. The van der Waals surface area contributed by atoms with E-state index in [4.69, 9.17) is 10.5 Å². The van der Waals surface area contributed by atoms with Crippen LogP contribution in [0, 0.1) is 0 Å². The van der Waals surface area contributed by atoms with Crippen molar-refractivity contribution in [3.63, 3.8) is 0 Å². The Hall–Kier alpha value is -1.85. The van der Waals surface area contributed by atoms with Crippen LogP contribution in [0.2, 0.25) is 0 Å². The molecule has 0 saturated heterocycles. The summed E-state index contributed by atoms with van der Waals surface area (Å²) in [5.41, 5.74) is 4.39. The minimum absolute atomic E-state index is 0.127. The number of ether oxygens (including phenoxy) is 1. The minimum Gasteiger partial charge on any atom is -0.489 e. The summed E-state index contributed by atoms with van der Waals surface area (Å²) in [5, 5.41) is 0. The molecule has 0 fully saturated rings. The number of rotatable bonds is 2. The second-order valence-electron chi connectivity index (χ2n) is 2.41. The number of methoxy groups -OCH3 is 1. The molecule has 13 heavy (non-hydrogen) atoms. The van der Waals surface area contributed by atoms with Gasteiger partial charge in [-0.2, -0.15) is 0 Å². The van der Waals surface area contributed by atoms with Crippen molar-refractivity contribution in [2.75, 3.05) is 7.11 Å². The number of hydrogen-bond donors (Lipinski definition) is 1. The van der Waals surface area contributed by atoms with Gasteiger partial charge < -0.3 is 10.5 Å². The Morgan fingerprint density at radius 3 is 2.77 bits per heavy atom. The molecule has 0 bridgehead atoms. The molecule has 0 aliphatic carbocycles. The number of hydrogen-bond acceptors (Lipinski definition) is 4. The van der Waals surface area contributed by atoms with Crippen LogP contribution in [-0.2, 0) is 7.05 Å². The lowest BCUT2D eigenvalue weighted by Gasteiger charge is -2.04. The van der Waals surface area contributed by atoms with Crippen molar-refractivity contribution in [2.45, 2.75) is 0 Å². The average molecular weight is 183 g/mol. The molecule has 1 amide bonds. The summed E-state index contributed by atoms with van der Waals surface area (Å²) >= 11 is 0. The molecule has 0 unspecified atom stereocenters. The Morgan fingerprint density at radius 1 is 1.69 bits per heavy atom. The van der Waals surface area contributed by atoms with Crippen molar-refractivity contribution in [2.24, 2.45) is 12.8 Å². The molecular weight excluding hydrogens is 174 g/mol. The number of carbonyl (C=O) groups is 1. The van der Waals surface area contributed by atoms with E-state index in [2.05, 4.69) is 4.98 Å². The SMILES string of the molecule is COc1c(C(N)=O)ncn(C)c1=O. The molecule has 0 radical (unpaired) electrons. The number of aromatic nitrogens is 2. The number of nitrogens with two attached hydrogens (primary N) is 1. The van der Waals surface area contributed by atoms with Gasteiger partial charge in [0.15, 0.2) is 5.69 Å². The van der Waals surface area contributed by atoms with Gasteiger partial charge in [0.05, 0.1) is 13.4 Å². The number of primary amides is 1. The van der Waals surface area contributed by atoms with E-state index >= 15 is 0 Å². The van der Waals surface area contributed by atoms with Crippen molar-refractivity contribution in [3.05, 3.63) is 22.4 Å². The molecule has 1 rings (SSSR count). The van der Waals surface area contributed by atoms with E-state index in [1.54, 1.807) is 0 Å². The third-order valence-corrected chi connectivity index (χ3v) is 1.53. The molecule has 0 spiro atoms. The summed E-state index contributed by atoms with van der Waals surface area (Å²) in [6.07, 6.45) is 1.21. The Bertz CT molecular complexity index is 396. The maximum atomic E-state index is 11.3. The molecule has 0 aliphatic rings. The lowest BCUT2D eigenvalue weighted by molar-refractivity contribution is 0.0991. The molecule has 6 nitrogen and oxygen atoms in total. The van der Waals surface area contributed by atoms with Gasteiger partial charge in [-0.15, -0.1) is 0 Å². The van der Waals surface area contributed by atoms with Crippen molar-refractivity contribution >= 4 is 5.91 Å². The predicted octanol–water partition coefficient (Wildman–Crippen LogP) is -1.11. The number of nitrogens with zero attached hydrogens (tertiary/aromatic N) is 2.